The van der Waals surface area contributed by atoms with Crippen molar-refractivity contribution in [2.24, 2.45) is 0 Å². The van der Waals surface area contributed by atoms with Crippen LogP contribution in [0.15, 0.2) is 18.2 Å². The van der Waals surface area contributed by atoms with Crippen molar-refractivity contribution >= 4 is 24.8 Å². The summed E-state index contributed by atoms with van der Waals surface area (Å²) < 4.78 is 11.0. The van der Waals surface area contributed by atoms with E-state index in [1.54, 1.807) is 7.11 Å². The van der Waals surface area contributed by atoms with Gasteiger partial charge in [0.25, 0.3) is 0 Å². The van der Waals surface area contributed by atoms with Crippen molar-refractivity contribution in [1.29, 1.82) is 0 Å². The number of nitrogens with zero attached hydrogens (tertiary/aromatic N) is 1. The van der Waals surface area contributed by atoms with Gasteiger partial charge in [-0.1, -0.05) is 12.1 Å². The van der Waals surface area contributed by atoms with Crippen LogP contribution < -0.4 is 14.8 Å². The van der Waals surface area contributed by atoms with Crippen molar-refractivity contribution in [1.82, 2.24) is 10.2 Å². The van der Waals surface area contributed by atoms with E-state index in [9.17, 15) is 0 Å². The van der Waals surface area contributed by atoms with Gasteiger partial charge in [0.15, 0.2) is 11.5 Å². The average molecular weight is 325 g/mol. The van der Waals surface area contributed by atoms with Crippen LogP contribution in [0.5, 0.6) is 11.5 Å². The molecule has 4 nitrogen and oxygen atoms in total. The number of nitrogens with one attached hydrogen (secondary N) is 1. The third kappa shape index (κ3) is 7.20. The van der Waals surface area contributed by atoms with Crippen molar-refractivity contribution < 1.29 is 9.47 Å². The largest absolute Gasteiger partial charge is 0.493 e. The molecule has 0 atom stereocenters. The Bertz CT molecular complexity index is 363. The summed E-state index contributed by atoms with van der Waals surface area (Å²) in [5.74, 6) is 1.64. The molecule has 1 aromatic rings. The molecule has 0 aliphatic heterocycles. The van der Waals surface area contributed by atoms with E-state index < -0.39 is 0 Å². The molecule has 0 aromatic heterocycles. The highest BCUT2D eigenvalue weighted by Gasteiger charge is 2.09. The Morgan fingerprint density at radius 2 is 1.90 bits per heavy atom. The first-order valence-electron chi connectivity index (χ1n) is 6.33. The lowest BCUT2D eigenvalue weighted by atomic mass is 10.2. The van der Waals surface area contributed by atoms with E-state index in [0.29, 0.717) is 6.61 Å². The van der Waals surface area contributed by atoms with Gasteiger partial charge >= 0.3 is 0 Å². The minimum Gasteiger partial charge on any atom is -0.493 e. The van der Waals surface area contributed by atoms with Crippen LogP contribution >= 0.6 is 24.8 Å². The van der Waals surface area contributed by atoms with Crippen LogP contribution in [0.2, 0.25) is 0 Å². The van der Waals surface area contributed by atoms with Crippen molar-refractivity contribution in [3.63, 3.8) is 0 Å². The highest BCUT2D eigenvalue weighted by atomic mass is 35.5. The second-order valence-electron chi connectivity index (χ2n) is 4.36. The molecule has 0 amide bonds. The first-order valence-corrected chi connectivity index (χ1v) is 6.33. The van der Waals surface area contributed by atoms with Crippen LogP contribution in [0, 0.1) is 0 Å². The smallest absolute Gasteiger partial charge is 0.165 e. The molecule has 1 N–H and O–H groups in total. The fraction of sp³-hybridized carbons (Fsp3) is 0.571. The Hall–Kier alpha value is -0.680. The van der Waals surface area contributed by atoms with E-state index in [2.05, 4.69) is 30.4 Å². The Kier molecular flexibility index (Phi) is 13.1. The van der Waals surface area contributed by atoms with Gasteiger partial charge in [0, 0.05) is 25.2 Å². The predicted molar refractivity (Wildman–Crippen MR) is 88.9 cm³/mol. The second kappa shape index (κ2) is 12.1. The van der Waals surface area contributed by atoms with E-state index in [-0.39, 0.29) is 24.8 Å². The number of methoxy groups -OCH3 is 1. The summed E-state index contributed by atoms with van der Waals surface area (Å²) in [6, 6.07) is 5.98. The number of likely N-dealkylation sites (N-methyl/N-ethyl adjacent to an activating group) is 1. The zero-order valence-electron chi connectivity index (χ0n) is 12.6. The SMILES string of the molecule is CCOc1c(CNCCN(C)C)cccc1OC.Cl.Cl. The van der Waals surface area contributed by atoms with Crippen LogP contribution in [0.4, 0.5) is 0 Å². The van der Waals surface area contributed by atoms with Gasteiger partial charge in [0.2, 0.25) is 0 Å². The Morgan fingerprint density at radius 3 is 2.45 bits per heavy atom. The lowest BCUT2D eigenvalue weighted by Crippen LogP contribution is -2.26. The van der Waals surface area contributed by atoms with E-state index >= 15 is 0 Å². The van der Waals surface area contributed by atoms with Gasteiger partial charge in [0.05, 0.1) is 13.7 Å². The topological polar surface area (TPSA) is 33.7 Å². The zero-order chi connectivity index (χ0) is 13.4. The normalized spacial score (nSPS) is 9.65. The number of hydrogen-bond acceptors (Lipinski definition) is 4. The van der Waals surface area contributed by atoms with Crippen LogP contribution in [0.3, 0.4) is 0 Å². The molecule has 0 saturated heterocycles. The van der Waals surface area contributed by atoms with Crippen molar-refractivity contribution in [3.8, 4) is 11.5 Å². The summed E-state index contributed by atoms with van der Waals surface area (Å²) in [6.07, 6.45) is 0. The summed E-state index contributed by atoms with van der Waals surface area (Å²) >= 11 is 0. The maximum absolute atomic E-state index is 5.66. The number of hydrogen-bond donors (Lipinski definition) is 1. The maximum atomic E-state index is 5.66. The lowest BCUT2D eigenvalue weighted by Gasteiger charge is -2.15. The zero-order valence-corrected chi connectivity index (χ0v) is 14.3. The summed E-state index contributed by atoms with van der Waals surface area (Å²) in [4.78, 5) is 2.15. The van der Waals surface area contributed by atoms with E-state index in [1.165, 1.54) is 0 Å². The predicted octanol–water partition coefficient (Wildman–Crippen LogP) is 2.59. The van der Waals surface area contributed by atoms with Gasteiger partial charge < -0.3 is 19.7 Å². The third-order valence-electron chi connectivity index (χ3n) is 2.62. The number of ether oxygens (including phenoxy) is 2. The molecule has 0 saturated carbocycles. The number of rotatable bonds is 8. The molecule has 0 bridgehead atoms. The molecular weight excluding hydrogens is 299 g/mol. The number of benzene rings is 1. The highest BCUT2D eigenvalue weighted by molar-refractivity contribution is 5.85. The first kappa shape index (κ1) is 21.6. The van der Waals surface area contributed by atoms with E-state index in [0.717, 1.165) is 36.7 Å². The monoisotopic (exact) mass is 324 g/mol. The molecular formula is C14H26Cl2N2O2. The van der Waals surface area contributed by atoms with Crippen LogP contribution in [-0.2, 0) is 6.54 Å². The van der Waals surface area contributed by atoms with Gasteiger partial charge in [-0.05, 0) is 27.1 Å². The molecule has 6 heteroatoms. The lowest BCUT2D eigenvalue weighted by molar-refractivity contribution is 0.306. The third-order valence-corrected chi connectivity index (χ3v) is 2.62. The summed E-state index contributed by atoms with van der Waals surface area (Å²) in [7, 11) is 5.80. The van der Waals surface area contributed by atoms with Crippen molar-refractivity contribution in [2.45, 2.75) is 13.5 Å². The molecule has 0 aliphatic rings. The molecule has 1 rings (SSSR count). The fourth-order valence-corrected chi connectivity index (χ4v) is 1.70. The summed E-state index contributed by atoms with van der Waals surface area (Å²) in [5, 5.41) is 3.41. The molecule has 0 spiro atoms. The molecule has 0 unspecified atom stereocenters. The molecule has 118 valence electrons. The van der Waals surface area contributed by atoms with Crippen LogP contribution in [0.1, 0.15) is 12.5 Å². The number of halogens is 2. The quantitative estimate of drug-likeness (QED) is 0.745. The van der Waals surface area contributed by atoms with Crippen molar-refractivity contribution in [2.75, 3.05) is 40.9 Å². The van der Waals surface area contributed by atoms with Gasteiger partial charge in [-0.15, -0.1) is 24.8 Å². The molecule has 1 aromatic carbocycles. The molecule has 0 heterocycles. The van der Waals surface area contributed by atoms with Gasteiger partial charge in [-0.25, -0.2) is 0 Å². The highest BCUT2D eigenvalue weighted by Crippen LogP contribution is 2.30. The first-order chi connectivity index (χ1) is 8.69. The molecule has 0 fully saturated rings. The standard InChI is InChI=1S/C14H24N2O2.2ClH/c1-5-18-14-12(7-6-8-13(14)17-4)11-15-9-10-16(2)3;;/h6-8,15H,5,9-11H2,1-4H3;2*1H. The Morgan fingerprint density at radius 1 is 1.20 bits per heavy atom. The summed E-state index contributed by atoms with van der Waals surface area (Å²) in [5.41, 5.74) is 1.13. The second-order valence-corrected chi connectivity index (χ2v) is 4.36. The Balaban J connectivity index is 0. The fourth-order valence-electron chi connectivity index (χ4n) is 1.70. The number of para-hydroxylation sites is 1. The van der Waals surface area contributed by atoms with E-state index in [1.807, 2.05) is 19.1 Å². The van der Waals surface area contributed by atoms with Gasteiger partial charge in [-0.3, -0.25) is 0 Å². The molecule has 0 radical (unpaired) electrons. The van der Waals surface area contributed by atoms with Crippen LogP contribution in [-0.4, -0.2) is 45.8 Å². The van der Waals surface area contributed by atoms with E-state index in [4.69, 9.17) is 9.47 Å². The van der Waals surface area contributed by atoms with Gasteiger partial charge in [-0.2, -0.15) is 0 Å². The average Bonchev–Trinajstić information content (AvgIpc) is 2.36. The minimum atomic E-state index is 0. The van der Waals surface area contributed by atoms with Crippen LogP contribution in [0.25, 0.3) is 0 Å². The molecule has 0 aliphatic carbocycles. The molecule has 20 heavy (non-hydrogen) atoms. The van der Waals surface area contributed by atoms with Gasteiger partial charge in [0.1, 0.15) is 0 Å². The minimum absolute atomic E-state index is 0. The maximum Gasteiger partial charge on any atom is 0.165 e. The summed E-state index contributed by atoms with van der Waals surface area (Å²) in [6.45, 7) is 5.39. The van der Waals surface area contributed by atoms with Crippen molar-refractivity contribution in [3.05, 3.63) is 23.8 Å². The Labute approximate surface area is 134 Å².